The Morgan fingerprint density at radius 2 is 1.90 bits per heavy atom. The fourth-order valence-electron chi connectivity index (χ4n) is 2.60. The van der Waals surface area contributed by atoms with E-state index in [1.54, 1.807) is 7.11 Å². The highest BCUT2D eigenvalue weighted by Gasteiger charge is 2.42. The number of rotatable bonds is 6. The van der Waals surface area contributed by atoms with Gasteiger partial charge in [-0.1, -0.05) is 6.92 Å². The Morgan fingerprint density at radius 1 is 1.25 bits per heavy atom. The van der Waals surface area contributed by atoms with Gasteiger partial charge in [-0.2, -0.15) is 0 Å². The molecule has 0 heterocycles. The second-order valence-corrected chi connectivity index (χ2v) is 5.23. The summed E-state index contributed by atoms with van der Waals surface area (Å²) in [7, 11) is 1.62. The predicted octanol–water partition coefficient (Wildman–Crippen LogP) is 3.37. The first-order valence-electron chi connectivity index (χ1n) is 7.29. The highest BCUT2D eigenvalue weighted by molar-refractivity contribution is 5.97. The van der Waals surface area contributed by atoms with Crippen molar-refractivity contribution < 1.29 is 14.3 Å². The van der Waals surface area contributed by atoms with Crippen LogP contribution in [0, 0.1) is 0 Å². The third kappa shape index (κ3) is 3.31. The second kappa shape index (κ2) is 6.75. The molecule has 0 radical (unpaired) electrons. The van der Waals surface area contributed by atoms with Crippen LogP contribution in [-0.4, -0.2) is 25.2 Å². The van der Waals surface area contributed by atoms with Crippen molar-refractivity contribution in [3.8, 4) is 5.75 Å². The summed E-state index contributed by atoms with van der Waals surface area (Å²) in [5.41, 5.74) is 0.151. The van der Waals surface area contributed by atoms with Crippen LogP contribution in [0.3, 0.4) is 0 Å². The largest absolute Gasteiger partial charge is 0.497 e. The van der Waals surface area contributed by atoms with E-state index in [0.29, 0.717) is 6.61 Å². The number of amides is 1. The van der Waals surface area contributed by atoms with E-state index in [4.69, 9.17) is 9.47 Å². The highest BCUT2D eigenvalue weighted by atomic mass is 16.5. The number of carbonyl (C=O) groups is 1. The molecule has 1 amide bonds. The number of hydrogen-bond acceptors (Lipinski definition) is 3. The maximum Gasteiger partial charge on any atom is 0.256 e. The van der Waals surface area contributed by atoms with E-state index in [-0.39, 0.29) is 5.91 Å². The van der Waals surface area contributed by atoms with Gasteiger partial charge in [-0.25, -0.2) is 0 Å². The maximum absolute atomic E-state index is 12.5. The zero-order chi connectivity index (χ0) is 14.4. The van der Waals surface area contributed by atoms with Crippen LogP contribution >= 0.6 is 0 Å². The Kier molecular flexibility index (Phi) is 5.01. The summed E-state index contributed by atoms with van der Waals surface area (Å²) >= 11 is 0. The van der Waals surface area contributed by atoms with Crippen molar-refractivity contribution in [3.05, 3.63) is 24.3 Å². The summed E-state index contributed by atoms with van der Waals surface area (Å²) < 4.78 is 11.0. The van der Waals surface area contributed by atoms with E-state index in [9.17, 15) is 4.79 Å². The van der Waals surface area contributed by atoms with Crippen LogP contribution in [-0.2, 0) is 9.53 Å². The van der Waals surface area contributed by atoms with Gasteiger partial charge < -0.3 is 14.8 Å². The van der Waals surface area contributed by atoms with Gasteiger partial charge >= 0.3 is 0 Å². The van der Waals surface area contributed by atoms with Gasteiger partial charge in [-0.3, -0.25) is 4.79 Å². The van der Waals surface area contributed by atoms with Crippen LogP contribution in [0.1, 0.15) is 39.0 Å². The predicted molar refractivity (Wildman–Crippen MR) is 79.1 cm³/mol. The van der Waals surface area contributed by atoms with Gasteiger partial charge in [-0.05, 0) is 56.4 Å². The van der Waals surface area contributed by atoms with Crippen LogP contribution in [0.5, 0.6) is 5.75 Å². The third-order valence-electron chi connectivity index (χ3n) is 3.76. The van der Waals surface area contributed by atoms with Crippen molar-refractivity contribution in [1.29, 1.82) is 0 Å². The molecule has 4 nitrogen and oxygen atoms in total. The first-order chi connectivity index (χ1) is 9.70. The van der Waals surface area contributed by atoms with Gasteiger partial charge in [0, 0.05) is 12.3 Å². The van der Waals surface area contributed by atoms with Crippen LogP contribution in [0.4, 0.5) is 5.69 Å². The number of hydrogen-bond donors (Lipinski definition) is 1. The molecule has 110 valence electrons. The molecule has 0 atom stereocenters. The molecule has 1 aromatic carbocycles. The monoisotopic (exact) mass is 277 g/mol. The number of ether oxygens (including phenoxy) is 2. The lowest BCUT2D eigenvalue weighted by molar-refractivity contribution is -0.140. The smallest absolute Gasteiger partial charge is 0.256 e. The number of methoxy groups -OCH3 is 1. The molecule has 0 saturated heterocycles. The summed E-state index contributed by atoms with van der Waals surface area (Å²) in [5, 5.41) is 2.97. The van der Waals surface area contributed by atoms with Crippen LogP contribution in [0.25, 0.3) is 0 Å². The van der Waals surface area contributed by atoms with Crippen molar-refractivity contribution in [1.82, 2.24) is 0 Å². The van der Waals surface area contributed by atoms with Crippen molar-refractivity contribution in [2.75, 3.05) is 19.0 Å². The summed E-state index contributed by atoms with van der Waals surface area (Å²) in [6.45, 7) is 2.69. The summed E-state index contributed by atoms with van der Waals surface area (Å²) in [5.74, 6) is 0.759. The first-order valence-corrected chi connectivity index (χ1v) is 7.29. The Morgan fingerprint density at radius 3 is 2.45 bits per heavy atom. The normalized spacial score (nSPS) is 16.9. The standard InChI is InChI=1S/C16H23NO3/c1-3-12-20-16(10-4-5-11-16)15(18)17-13-6-8-14(19-2)9-7-13/h6-9H,3-5,10-12H2,1-2H3,(H,17,18). The highest BCUT2D eigenvalue weighted by Crippen LogP contribution is 2.34. The second-order valence-electron chi connectivity index (χ2n) is 5.23. The van der Waals surface area contributed by atoms with Gasteiger partial charge in [-0.15, -0.1) is 0 Å². The fraction of sp³-hybridized carbons (Fsp3) is 0.562. The molecule has 1 aromatic rings. The SMILES string of the molecule is CCCOC1(C(=O)Nc2ccc(OC)cc2)CCCC1. The quantitative estimate of drug-likeness (QED) is 0.867. The molecule has 1 N–H and O–H groups in total. The van der Waals surface area contributed by atoms with E-state index in [1.807, 2.05) is 24.3 Å². The molecule has 0 aromatic heterocycles. The topological polar surface area (TPSA) is 47.6 Å². The lowest BCUT2D eigenvalue weighted by atomic mass is 10.0. The van der Waals surface area contributed by atoms with Crippen LogP contribution < -0.4 is 10.1 Å². The summed E-state index contributed by atoms with van der Waals surface area (Å²) in [6, 6.07) is 7.37. The number of benzene rings is 1. The zero-order valence-corrected chi connectivity index (χ0v) is 12.3. The number of anilines is 1. The summed E-state index contributed by atoms with van der Waals surface area (Å²) in [6.07, 6.45) is 4.67. The van der Waals surface area contributed by atoms with E-state index < -0.39 is 5.60 Å². The fourth-order valence-corrected chi connectivity index (χ4v) is 2.60. The molecule has 0 spiro atoms. The lowest BCUT2D eigenvalue weighted by Gasteiger charge is -2.28. The lowest BCUT2D eigenvalue weighted by Crippen LogP contribution is -2.43. The van der Waals surface area contributed by atoms with Gasteiger partial charge in [0.05, 0.1) is 7.11 Å². The van der Waals surface area contributed by atoms with Gasteiger partial charge in [0.15, 0.2) is 0 Å². The maximum atomic E-state index is 12.5. The van der Waals surface area contributed by atoms with E-state index >= 15 is 0 Å². The molecule has 2 rings (SSSR count). The molecular formula is C16H23NO3. The Hall–Kier alpha value is -1.55. The molecule has 0 unspecified atom stereocenters. The van der Waals surface area contributed by atoms with Gasteiger partial charge in [0.25, 0.3) is 5.91 Å². The molecule has 4 heteroatoms. The third-order valence-corrected chi connectivity index (χ3v) is 3.76. The van der Waals surface area contributed by atoms with E-state index in [2.05, 4.69) is 12.2 Å². The van der Waals surface area contributed by atoms with Gasteiger partial charge in [0.2, 0.25) is 0 Å². The van der Waals surface area contributed by atoms with Crippen LogP contribution in [0.15, 0.2) is 24.3 Å². The van der Waals surface area contributed by atoms with Crippen LogP contribution in [0.2, 0.25) is 0 Å². The zero-order valence-electron chi connectivity index (χ0n) is 12.3. The van der Waals surface area contributed by atoms with E-state index in [0.717, 1.165) is 43.5 Å². The number of carbonyl (C=O) groups excluding carboxylic acids is 1. The van der Waals surface area contributed by atoms with Crippen molar-refractivity contribution >= 4 is 11.6 Å². The number of nitrogens with one attached hydrogen (secondary N) is 1. The molecule has 1 aliphatic carbocycles. The minimum absolute atomic E-state index is 0.0198. The minimum atomic E-state index is -0.629. The molecule has 1 fully saturated rings. The average Bonchev–Trinajstić information content (AvgIpc) is 2.96. The molecule has 0 aliphatic heterocycles. The van der Waals surface area contributed by atoms with Crippen molar-refractivity contribution in [2.45, 2.75) is 44.6 Å². The van der Waals surface area contributed by atoms with Crippen molar-refractivity contribution in [2.24, 2.45) is 0 Å². The first kappa shape index (κ1) is 14.9. The molecule has 0 bridgehead atoms. The minimum Gasteiger partial charge on any atom is -0.497 e. The average molecular weight is 277 g/mol. The molecule has 1 aliphatic rings. The van der Waals surface area contributed by atoms with Gasteiger partial charge in [0.1, 0.15) is 11.4 Å². The Bertz CT molecular complexity index is 436. The summed E-state index contributed by atoms with van der Waals surface area (Å²) in [4.78, 5) is 12.5. The van der Waals surface area contributed by atoms with Crippen molar-refractivity contribution in [3.63, 3.8) is 0 Å². The molecule has 20 heavy (non-hydrogen) atoms. The van der Waals surface area contributed by atoms with E-state index in [1.165, 1.54) is 0 Å². The Balaban J connectivity index is 2.04. The Labute approximate surface area is 120 Å². The molecular weight excluding hydrogens is 254 g/mol. The molecule has 1 saturated carbocycles.